The van der Waals surface area contributed by atoms with Crippen molar-refractivity contribution in [2.75, 3.05) is 13.1 Å². The number of nitrogens with one attached hydrogen (secondary N) is 5. The molecule has 0 aliphatic rings. The van der Waals surface area contributed by atoms with Gasteiger partial charge in [0.2, 0.25) is 11.8 Å². The molecule has 23 nitrogen and oxygen atoms in total. The summed E-state index contributed by atoms with van der Waals surface area (Å²) < 4.78 is 1.50. The molecule has 0 aliphatic carbocycles. The van der Waals surface area contributed by atoms with E-state index in [1.165, 1.54) is 10.8 Å². The van der Waals surface area contributed by atoms with Crippen molar-refractivity contribution in [2.45, 2.75) is 134 Å². The molecule has 0 saturated heterocycles. The number of rotatable bonds is 34. The molecular weight excluding hydrogens is 820 g/mol. The minimum absolute atomic E-state index is 0.00751. The minimum Gasteiger partial charge on any atom is -0.481 e. The summed E-state index contributed by atoms with van der Waals surface area (Å²) in [6, 6.07) is -3.36. The Morgan fingerprint density at radius 3 is 1.84 bits per heavy atom. The molecule has 3 atom stereocenters. The lowest BCUT2D eigenvalue weighted by Crippen LogP contribution is -2.51. The predicted octanol–water partition coefficient (Wildman–Crippen LogP) is 1.36. The topological polar surface area (TPSA) is 360 Å². The Kier molecular flexibility index (Phi) is 23.4. The highest BCUT2D eigenvalue weighted by molar-refractivity contribution is 5.86. The molecule has 11 N–H and O–H groups in total. The summed E-state index contributed by atoms with van der Waals surface area (Å²) in [5.41, 5.74) is 1.28. The third-order valence-electron chi connectivity index (χ3n) is 9.63. The van der Waals surface area contributed by atoms with Crippen LogP contribution in [0.25, 0.3) is 0 Å². The van der Waals surface area contributed by atoms with Gasteiger partial charge >= 0.3 is 41.8 Å². The average molecular weight is 879 g/mol. The number of unbranched alkanes of at least 4 members (excludes halogenated alkanes) is 5. The maximum Gasteiger partial charge on any atom is 0.326 e. The van der Waals surface area contributed by atoms with Crippen molar-refractivity contribution in [3.63, 3.8) is 0 Å². The fraction of sp³-hybridized carbons (Fsp3) is 0.590. The van der Waals surface area contributed by atoms with Crippen molar-refractivity contribution in [1.29, 1.82) is 0 Å². The summed E-state index contributed by atoms with van der Waals surface area (Å²) in [6.07, 6.45) is 8.00. The first-order chi connectivity index (χ1) is 29.4. The van der Waals surface area contributed by atoms with Gasteiger partial charge < -0.3 is 61.5 Å². The van der Waals surface area contributed by atoms with Crippen LogP contribution in [0, 0.1) is 0 Å². The van der Waals surface area contributed by atoms with Gasteiger partial charge in [-0.15, -0.1) is 0 Å². The molecule has 0 bridgehead atoms. The molecule has 2 aromatic heterocycles. The Labute approximate surface area is 356 Å². The van der Waals surface area contributed by atoms with Gasteiger partial charge in [-0.3, -0.25) is 28.9 Å². The van der Waals surface area contributed by atoms with Gasteiger partial charge in [-0.05, 0) is 76.0 Å². The van der Waals surface area contributed by atoms with Crippen LogP contribution in [0.5, 0.6) is 0 Å². The molecule has 2 heterocycles. The van der Waals surface area contributed by atoms with Crippen LogP contribution in [0.15, 0.2) is 24.7 Å². The van der Waals surface area contributed by atoms with E-state index in [9.17, 15) is 63.6 Å². The second-order valence-corrected chi connectivity index (χ2v) is 14.7. The zero-order valence-electron chi connectivity index (χ0n) is 34.4. The van der Waals surface area contributed by atoms with Crippen LogP contribution in [-0.2, 0) is 64.4 Å². The number of carbonyl (C=O) groups is 9. The van der Waals surface area contributed by atoms with Crippen LogP contribution in [0.4, 0.5) is 4.79 Å². The zero-order valence-corrected chi connectivity index (χ0v) is 34.4. The normalized spacial score (nSPS) is 12.5. The molecule has 3 unspecified atom stereocenters. The van der Waals surface area contributed by atoms with Crippen LogP contribution >= 0.6 is 0 Å². The number of urea groups is 1. The van der Waals surface area contributed by atoms with Crippen molar-refractivity contribution >= 4 is 53.7 Å². The summed E-state index contributed by atoms with van der Waals surface area (Å²) in [5, 5.41) is 65.1. The quantitative estimate of drug-likeness (QED) is 0.0442. The molecule has 0 radical (unpaired) electrons. The molecule has 0 aromatic carbocycles. The number of imidazole rings is 1. The average Bonchev–Trinajstić information content (AvgIpc) is 3.82. The van der Waals surface area contributed by atoms with Gasteiger partial charge in [0.1, 0.15) is 30.5 Å². The third kappa shape index (κ3) is 21.7. The molecule has 2 aromatic rings. The zero-order chi connectivity index (χ0) is 46.0. The van der Waals surface area contributed by atoms with E-state index in [0.29, 0.717) is 81.5 Å². The molecule has 0 saturated carbocycles. The predicted molar refractivity (Wildman–Crippen MR) is 215 cm³/mol. The molecule has 4 amide bonds. The molecule has 23 heteroatoms. The number of aromatic amines is 1. The number of hydrogen-bond donors (Lipinski definition) is 11. The number of aromatic nitrogens is 3. The summed E-state index contributed by atoms with van der Waals surface area (Å²) in [7, 11) is 0. The summed E-state index contributed by atoms with van der Waals surface area (Å²) in [6.45, 7) is 0.958. The largest absolute Gasteiger partial charge is 0.481 e. The molecular formula is C39H58N8O15. The van der Waals surface area contributed by atoms with Crippen molar-refractivity contribution in [3.8, 4) is 0 Å². The van der Waals surface area contributed by atoms with Crippen LogP contribution in [0.3, 0.4) is 0 Å². The molecule has 0 fully saturated rings. The monoisotopic (exact) mass is 878 g/mol. The smallest absolute Gasteiger partial charge is 0.326 e. The Balaban J connectivity index is 1.68. The lowest BCUT2D eigenvalue weighted by Gasteiger charge is -2.23. The van der Waals surface area contributed by atoms with E-state index >= 15 is 0 Å². The fourth-order valence-electron chi connectivity index (χ4n) is 6.39. The van der Waals surface area contributed by atoms with E-state index in [2.05, 4.69) is 31.2 Å². The number of carbonyl (C=O) groups excluding carboxylic acids is 3. The second kappa shape index (κ2) is 28.1. The molecule has 0 aliphatic heterocycles. The first-order valence-corrected chi connectivity index (χ1v) is 20.3. The number of carboxylic acids is 6. The van der Waals surface area contributed by atoms with Crippen LogP contribution in [0.2, 0.25) is 0 Å². The van der Waals surface area contributed by atoms with Gasteiger partial charge in [0.15, 0.2) is 0 Å². The highest BCUT2D eigenvalue weighted by Gasteiger charge is 2.25. The number of nitrogens with zero attached hydrogens (tertiary/aromatic N) is 3. The fourth-order valence-corrected chi connectivity index (χ4v) is 6.39. The SMILES string of the molecule is O=C(O)CCC(NC(=O)NC(CCCCNC(=O)CCCCCCC(=O)NC(CCCCN(Cc1[nH]ccc1CC(=O)O)Cc1nccn1CC(=O)O)C(=O)O)C(=O)O)C(=O)O. The highest BCUT2D eigenvalue weighted by atomic mass is 16.4. The highest BCUT2D eigenvalue weighted by Crippen LogP contribution is 2.16. The van der Waals surface area contributed by atoms with Crippen LogP contribution in [0.1, 0.15) is 107 Å². The van der Waals surface area contributed by atoms with Crippen molar-refractivity contribution in [3.05, 3.63) is 41.7 Å². The van der Waals surface area contributed by atoms with Gasteiger partial charge in [0.25, 0.3) is 0 Å². The third-order valence-corrected chi connectivity index (χ3v) is 9.63. The molecule has 344 valence electrons. The number of aliphatic carboxylic acids is 6. The minimum atomic E-state index is -1.52. The van der Waals surface area contributed by atoms with Gasteiger partial charge in [-0.2, -0.15) is 0 Å². The van der Waals surface area contributed by atoms with Crippen molar-refractivity contribution in [1.82, 2.24) is 40.7 Å². The Morgan fingerprint density at radius 2 is 1.24 bits per heavy atom. The van der Waals surface area contributed by atoms with Gasteiger partial charge in [-0.1, -0.05) is 12.8 Å². The van der Waals surface area contributed by atoms with Gasteiger partial charge in [0, 0.05) is 56.6 Å². The van der Waals surface area contributed by atoms with Crippen molar-refractivity contribution < 1.29 is 73.8 Å². The molecule has 0 spiro atoms. The lowest BCUT2D eigenvalue weighted by atomic mass is 10.1. The van der Waals surface area contributed by atoms with E-state index in [4.69, 9.17) is 10.2 Å². The van der Waals surface area contributed by atoms with E-state index < -0.39 is 72.3 Å². The maximum absolute atomic E-state index is 12.6. The van der Waals surface area contributed by atoms with Crippen LogP contribution in [-0.4, -0.2) is 135 Å². The Morgan fingerprint density at radius 1 is 0.645 bits per heavy atom. The molecule has 62 heavy (non-hydrogen) atoms. The number of hydrogen-bond acceptors (Lipinski definition) is 11. The first kappa shape index (κ1) is 51.6. The first-order valence-electron chi connectivity index (χ1n) is 20.3. The van der Waals surface area contributed by atoms with Crippen LogP contribution < -0.4 is 21.3 Å². The number of amides is 4. The van der Waals surface area contributed by atoms with Crippen molar-refractivity contribution in [2.24, 2.45) is 0 Å². The van der Waals surface area contributed by atoms with E-state index in [-0.39, 0.29) is 64.1 Å². The second-order valence-electron chi connectivity index (χ2n) is 14.7. The summed E-state index contributed by atoms with van der Waals surface area (Å²) in [4.78, 5) is 114. The van der Waals surface area contributed by atoms with E-state index in [0.717, 1.165) is 0 Å². The van der Waals surface area contributed by atoms with Gasteiger partial charge in [-0.25, -0.2) is 24.2 Å². The standard InChI is InChI=1S/C39H58N8O15/c48-31(42-16-7-5-9-27(37(58)59)44-39(62)45-28(38(60)61)13-14-33(50)51)11-3-1-2-4-12-32(49)43-26(36(56)57)10-6-8-19-46(22-29-25(15-17-40-29)21-34(52)53)23-30-41-18-20-47(30)24-35(54)55/h15,17-18,20,26-28,40H,1-14,16,19,21-24H2,(H,42,48)(H,43,49)(H,50,51)(H,52,53)(H,54,55)(H,56,57)(H,58,59)(H,60,61)(H2,44,45,62). The van der Waals surface area contributed by atoms with Gasteiger partial charge in [0.05, 0.1) is 13.0 Å². The van der Waals surface area contributed by atoms with E-state index in [1.807, 2.05) is 4.90 Å². The lowest BCUT2D eigenvalue weighted by molar-refractivity contribution is -0.142. The summed E-state index contributed by atoms with van der Waals surface area (Å²) in [5.74, 6) is -7.42. The molecule has 2 rings (SSSR count). The Hall–Kier alpha value is -6.52. The number of H-pyrrole nitrogens is 1. The Bertz CT molecular complexity index is 1760. The van der Waals surface area contributed by atoms with E-state index in [1.54, 1.807) is 18.5 Å². The summed E-state index contributed by atoms with van der Waals surface area (Å²) >= 11 is 0. The number of carboxylic acid groups (broad SMARTS) is 6. The maximum atomic E-state index is 12.6.